The van der Waals surface area contributed by atoms with Crippen LogP contribution in [0.15, 0.2) is 53.6 Å². The van der Waals surface area contributed by atoms with Crippen LogP contribution in [0.2, 0.25) is 5.02 Å². The van der Waals surface area contributed by atoms with Crippen LogP contribution >= 0.6 is 11.6 Å². The Morgan fingerprint density at radius 2 is 1.76 bits per heavy atom. The van der Waals surface area contributed by atoms with Crippen LogP contribution in [-0.2, 0) is 9.53 Å². The summed E-state index contributed by atoms with van der Waals surface area (Å²) >= 11 is 6.31. The highest BCUT2D eigenvalue weighted by molar-refractivity contribution is 6.32. The molecular weight excluding hydrogens is 448 g/mol. The molecule has 0 atom stereocenters. The minimum Gasteiger partial charge on any atom is -0.496 e. The van der Waals surface area contributed by atoms with E-state index in [4.69, 9.17) is 25.8 Å². The Labute approximate surface area is 196 Å². The van der Waals surface area contributed by atoms with Gasteiger partial charge in [-0.1, -0.05) is 35.9 Å². The average molecular weight is 471 g/mol. The minimum absolute atomic E-state index is 0.214. The minimum atomic E-state index is -0.550. The number of ether oxygens (including phenoxy) is 4. The van der Waals surface area contributed by atoms with Gasteiger partial charge in [0.1, 0.15) is 5.75 Å². The number of halogens is 1. The number of nitrogens with one attached hydrogen (secondary N) is 1. The summed E-state index contributed by atoms with van der Waals surface area (Å²) in [6.45, 7) is 1.84. The molecule has 0 heterocycles. The summed E-state index contributed by atoms with van der Waals surface area (Å²) in [4.78, 5) is 24.1. The zero-order valence-electron chi connectivity index (χ0n) is 18.4. The normalized spacial score (nSPS) is 10.8. The van der Waals surface area contributed by atoms with Crippen molar-refractivity contribution in [2.24, 2.45) is 5.10 Å². The molecule has 3 rings (SSSR count). The van der Waals surface area contributed by atoms with Gasteiger partial charge in [-0.3, -0.25) is 4.79 Å². The van der Waals surface area contributed by atoms with E-state index in [0.717, 1.165) is 10.8 Å². The van der Waals surface area contributed by atoms with Gasteiger partial charge in [-0.25, -0.2) is 10.2 Å². The molecule has 8 nitrogen and oxygen atoms in total. The monoisotopic (exact) mass is 470 g/mol. The Bertz CT molecular complexity index is 1200. The smallest absolute Gasteiger partial charge is 0.343 e. The molecule has 1 N–H and O–H groups in total. The third kappa shape index (κ3) is 5.93. The van der Waals surface area contributed by atoms with Crippen LogP contribution in [-0.4, -0.2) is 45.5 Å². The van der Waals surface area contributed by atoms with E-state index in [-0.39, 0.29) is 17.4 Å². The van der Waals surface area contributed by atoms with Crippen LogP contribution < -0.4 is 19.6 Å². The van der Waals surface area contributed by atoms with E-state index >= 15 is 0 Å². The number of hydrazone groups is 1. The Kier molecular flexibility index (Phi) is 8.10. The molecule has 0 unspecified atom stereocenters. The van der Waals surface area contributed by atoms with Crippen LogP contribution in [0, 0.1) is 0 Å². The molecular formula is C24H23ClN2O6. The number of hydrogen-bond acceptors (Lipinski definition) is 7. The number of benzene rings is 3. The highest BCUT2D eigenvalue weighted by Crippen LogP contribution is 2.36. The van der Waals surface area contributed by atoms with Crippen LogP contribution in [0.3, 0.4) is 0 Å². The van der Waals surface area contributed by atoms with E-state index in [9.17, 15) is 9.59 Å². The maximum atomic E-state index is 12.7. The van der Waals surface area contributed by atoms with Gasteiger partial charge in [0, 0.05) is 0 Å². The second-order valence-electron chi connectivity index (χ2n) is 6.73. The third-order valence-corrected chi connectivity index (χ3v) is 4.87. The first-order chi connectivity index (χ1) is 16.0. The number of rotatable bonds is 9. The largest absolute Gasteiger partial charge is 0.496 e. The van der Waals surface area contributed by atoms with Crippen molar-refractivity contribution in [1.82, 2.24) is 5.43 Å². The molecule has 0 fully saturated rings. The van der Waals surface area contributed by atoms with Gasteiger partial charge in [0.25, 0.3) is 5.91 Å². The summed E-state index contributed by atoms with van der Waals surface area (Å²) in [6.07, 6.45) is 1.42. The zero-order valence-corrected chi connectivity index (χ0v) is 19.1. The number of methoxy groups -OCH3 is 2. The molecule has 3 aromatic rings. The fourth-order valence-corrected chi connectivity index (χ4v) is 3.32. The lowest BCUT2D eigenvalue weighted by atomic mass is 10.1. The Balaban J connectivity index is 1.78. The topological polar surface area (TPSA) is 95.5 Å². The fourth-order valence-electron chi connectivity index (χ4n) is 3.05. The van der Waals surface area contributed by atoms with Gasteiger partial charge >= 0.3 is 5.97 Å². The highest BCUT2D eigenvalue weighted by Gasteiger charge is 2.15. The molecule has 9 heteroatoms. The van der Waals surface area contributed by atoms with Crippen molar-refractivity contribution in [2.45, 2.75) is 6.92 Å². The molecule has 0 saturated heterocycles. The van der Waals surface area contributed by atoms with Crippen LogP contribution in [0.4, 0.5) is 0 Å². The van der Waals surface area contributed by atoms with Crippen LogP contribution in [0.1, 0.15) is 22.8 Å². The summed E-state index contributed by atoms with van der Waals surface area (Å²) in [5.41, 5.74) is 3.40. The number of amides is 1. The highest BCUT2D eigenvalue weighted by atomic mass is 35.5. The lowest BCUT2D eigenvalue weighted by Crippen LogP contribution is -2.18. The second kappa shape index (κ2) is 11.2. The Morgan fingerprint density at radius 3 is 2.42 bits per heavy atom. The van der Waals surface area contributed by atoms with Gasteiger partial charge in [-0.15, -0.1) is 0 Å². The Morgan fingerprint density at radius 1 is 1.03 bits per heavy atom. The van der Waals surface area contributed by atoms with Gasteiger partial charge in [-0.2, -0.15) is 5.10 Å². The van der Waals surface area contributed by atoms with Gasteiger partial charge in [-0.05, 0) is 47.5 Å². The van der Waals surface area contributed by atoms with E-state index in [1.165, 1.54) is 20.4 Å². The zero-order chi connectivity index (χ0) is 23.8. The molecule has 0 radical (unpaired) electrons. The number of nitrogens with zero attached hydrogens (tertiary/aromatic N) is 1. The molecule has 0 saturated carbocycles. The third-order valence-electron chi connectivity index (χ3n) is 4.59. The van der Waals surface area contributed by atoms with Crippen molar-refractivity contribution in [3.05, 3.63) is 64.7 Å². The molecule has 0 spiro atoms. The Hall–Kier alpha value is -3.78. The number of carbonyl (C=O) groups is 2. The molecule has 0 aliphatic carbocycles. The van der Waals surface area contributed by atoms with Crippen molar-refractivity contribution >= 4 is 40.5 Å². The van der Waals surface area contributed by atoms with Crippen molar-refractivity contribution in [3.8, 4) is 17.2 Å². The number of carbonyl (C=O) groups excluding carboxylic acids is 2. The lowest BCUT2D eigenvalue weighted by molar-refractivity contribution is -0.142. The quantitative estimate of drug-likeness (QED) is 0.286. The molecule has 172 valence electrons. The van der Waals surface area contributed by atoms with Crippen LogP contribution in [0.5, 0.6) is 17.2 Å². The van der Waals surface area contributed by atoms with Crippen LogP contribution in [0.25, 0.3) is 10.8 Å². The number of fused-ring (bicyclic) bond motifs is 1. The van der Waals surface area contributed by atoms with Crippen molar-refractivity contribution in [1.29, 1.82) is 0 Å². The maximum absolute atomic E-state index is 12.7. The van der Waals surface area contributed by atoms with E-state index < -0.39 is 11.9 Å². The summed E-state index contributed by atoms with van der Waals surface area (Å²) in [6, 6.07) is 14.4. The van der Waals surface area contributed by atoms with E-state index in [1.54, 1.807) is 31.2 Å². The van der Waals surface area contributed by atoms with Crippen molar-refractivity contribution in [3.63, 3.8) is 0 Å². The standard InChI is InChI=1S/C24H23ClN2O6/c1-4-32-21-10-15(9-19(25)23(21)33-14-22(28)31-3)13-26-27-24(29)18-11-16-7-5-6-8-17(16)12-20(18)30-2/h5-13H,4,14H2,1-3H3,(H,27,29). The van der Waals surface area contributed by atoms with Gasteiger partial charge in [0.05, 0.1) is 37.6 Å². The van der Waals surface area contributed by atoms with E-state index in [1.807, 2.05) is 24.3 Å². The predicted octanol–water partition coefficient (Wildman–Crippen LogP) is 4.22. The average Bonchev–Trinajstić information content (AvgIpc) is 2.82. The molecule has 33 heavy (non-hydrogen) atoms. The van der Waals surface area contributed by atoms with Gasteiger partial charge < -0.3 is 18.9 Å². The van der Waals surface area contributed by atoms with Gasteiger partial charge in [0.15, 0.2) is 18.1 Å². The van der Waals surface area contributed by atoms with Gasteiger partial charge in [0.2, 0.25) is 0 Å². The molecule has 0 aliphatic rings. The first-order valence-electron chi connectivity index (χ1n) is 10.0. The predicted molar refractivity (Wildman–Crippen MR) is 126 cm³/mol. The summed E-state index contributed by atoms with van der Waals surface area (Å²) in [5.74, 6) is 0.00747. The SMILES string of the molecule is CCOc1cc(C=NNC(=O)c2cc3ccccc3cc2OC)cc(Cl)c1OCC(=O)OC. The first kappa shape index (κ1) is 23.9. The van der Waals surface area contributed by atoms with E-state index in [0.29, 0.717) is 29.2 Å². The summed E-state index contributed by atoms with van der Waals surface area (Å²) < 4.78 is 20.9. The summed E-state index contributed by atoms with van der Waals surface area (Å²) in [5, 5.41) is 6.11. The number of hydrogen-bond donors (Lipinski definition) is 1. The fraction of sp³-hybridized carbons (Fsp3) is 0.208. The molecule has 0 aliphatic heterocycles. The molecule has 1 amide bonds. The van der Waals surface area contributed by atoms with Crippen molar-refractivity contribution in [2.75, 3.05) is 27.4 Å². The molecule has 3 aromatic carbocycles. The molecule has 0 aromatic heterocycles. The van der Waals surface area contributed by atoms with E-state index in [2.05, 4.69) is 15.3 Å². The molecule has 0 bridgehead atoms. The first-order valence-corrected chi connectivity index (χ1v) is 10.4. The summed E-state index contributed by atoms with van der Waals surface area (Å²) in [7, 11) is 2.77. The second-order valence-corrected chi connectivity index (χ2v) is 7.13. The lowest BCUT2D eigenvalue weighted by Gasteiger charge is -2.13. The number of esters is 1. The van der Waals surface area contributed by atoms with Crippen molar-refractivity contribution < 1.29 is 28.5 Å². The maximum Gasteiger partial charge on any atom is 0.343 e.